The van der Waals surface area contributed by atoms with Crippen LogP contribution in [-0.4, -0.2) is 33.3 Å². The minimum atomic E-state index is -0.441. The number of hydrogen-bond acceptors (Lipinski definition) is 4. The van der Waals surface area contributed by atoms with Crippen molar-refractivity contribution in [1.29, 1.82) is 0 Å². The highest BCUT2D eigenvalue weighted by Crippen LogP contribution is 2.25. The summed E-state index contributed by atoms with van der Waals surface area (Å²) in [5.41, 5.74) is 2.20. The molecular weight excluding hydrogens is 292 g/mol. The first-order valence-electron chi connectivity index (χ1n) is 7.64. The van der Waals surface area contributed by atoms with Crippen LogP contribution in [0.15, 0.2) is 48.7 Å². The third kappa shape index (κ3) is 2.59. The van der Waals surface area contributed by atoms with Gasteiger partial charge in [-0.1, -0.05) is 24.3 Å². The van der Waals surface area contributed by atoms with Gasteiger partial charge in [0, 0.05) is 16.3 Å². The molecule has 0 amide bonds. The Kier molecular flexibility index (Phi) is 3.35. The fourth-order valence-electron chi connectivity index (χ4n) is 2.94. The molecule has 0 fully saturated rings. The largest absolute Gasteiger partial charge is 0.453 e. The zero-order valence-electron chi connectivity index (χ0n) is 12.4. The summed E-state index contributed by atoms with van der Waals surface area (Å²) >= 11 is 0. The molecule has 23 heavy (non-hydrogen) atoms. The molecule has 3 aromatic rings. The molecule has 2 aromatic heterocycles. The molecule has 116 valence electrons. The second-order valence-electron chi connectivity index (χ2n) is 5.76. The number of aliphatic hydroxyl groups excluding tert-OH is 1. The van der Waals surface area contributed by atoms with E-state index >= 15 is 0 Å². The van der Waals surface area contributed by atoms with E-state index in [1.54, 1.807) is 24.4 Å². The van der Waals surface area contributed by atoms with Gasteiger partial charge in [-0.05, 0) is 31.1 Å². The summed E-state index contributed by atoms with van der Waals surface area (Å²) in [5.74, 6) is -0.441. The molecule has 5 nitrogen and oxygen atoms in total. The molecule has 0 spiro atoms. The number of para-hydroxylation sites is 1. The van der Waals surface area contributed by atoms with Crippen molar-refractivity contribution in [3.05, 3.63) is 54.4 Å². The van der Waals surface area contributed by atoms with Crippen LogP contribution in [0.2, 0.25) is 0 Å². The zero-order valence-corrected chi connectivity index (χ0v) is 12.4. The van der Waals surface area contributed by atoms with Gasteiger partial charge in [0.15, 0.2) is 0 Å². The highest BCUT2D eigenvalue weighted by atomic mass is 16.5. The van der Waals surface area contributed by atoms with Gasteiger partial charge in [-0.25, -0.2) is 9.78 Å². The molecule has 5 heteroatoms. The number of carbonyl (C=O) groups excluding carboxylic acids is 1. The van der Waals surface area contributed by atoms with E-state index in [1.807, 2.05) is 24.3 Å². The summed E-state index contributed by atoms with van der Waals surface area (Å²) in [6.07, 6.45) is 5.54. The topological polar surface area (TPSA) is 75.2 Å². The summed E-state index contributed by atoms with van der Waals surface area (Å²) in [5, 5.41) is 11.4. The minimum Gasteiger partial charge on any atom is -0.453 e. The van der Waals surface area contributed by atoms with Crippen LogP contribution < -0.4 is 0 Å². The number of aromatic amines is 1. The number of rotatable bonds is 2. The Labute approximate surface area is 132 Å². The normalized spacial score (nSPS) is 20.9. The number of carbonyl (C=O) groups is 1. The van der Waals surface area contributed by atoms with Gasteiger partial charge in [0.2, 0.25) is 0 Å². The predicted octanol–water partition coefficient (Wildman–Crippen LogP) is 2.95. The smallest absolute Gasteiger partial charge is 0.357 e. The zero-order chi connectivity index (χ0) is 15.8. The fourth-order valence-corrected chi connectivity index (χ4v) is 2.94. The molecule has 2 N–H and O–H groups in total. The Morgan fingerprint density at radius 2 is 2.04 bits per heavy atom. The number of esters is 1. The molecule has 2 heterocycles. The number of aromatic nitrogens is 2. The van der Waals surface area contributed by atoms with Crippen LogP contribution in [0, 0.1) is 0 Å². The SMILES string of the molecule is O=C(O[C@H]1C=C[C@H](O)CC1)c1cc2c(cn1)[nH]c1ccccc12. The Bertz CT molecular complexity index is 913. The van der Waals surface area contributed by atoms with Crippen LogP contribution in [0.4, 0.5) is 0 Å². The van der Waals surface area contributed by atoms with E-state index in [4.69, 9.17) is 4.74 Å². The van der Waals surface area contributed by atoms with Crippen molar-refractivity contribution >= 4 is 27.8 Å². The van der Waals surface area contributed by atoms with Gasteiger partial charge in [-0.15, -0.1) is 0 Å². The second-order valence-corrected chi connectivity index (χ2v) is 5.76. The summed E-state index contributed by atoms with van der Waals surface area (Å²) in [6.45, 7) is 0. The molecule has 1 aromatic carbocycles. The Hall–Kier alpha value is -2.66. The summed E-state index contributed by atoms with van der Waals surface area (Å²) < 4.78 is 5.45. The highest BCUT2D eigenvalue weighted by Gasteiger charge is 2.20. The number of benzene rings is 1. The van der Waals surface area contributed by atoms with E-state index < -0.39 is 12.1 Å². The van der Waals surface area contributed by atoms with Crippen molar-refractivity contribution in [2.75, 3.05) is 0 Å². The third-order valence-electron chi connectivity index (χ3n) is 4.15. The number of hydrogen-bond donors (Lipinski definition) is 2. The maximum absolute atomic E-state index is 12.3. The molecule has 0 aliphatic heterocycles. The molecule has 0 radical (unpaired) electrons. The van der Waals surface area contributed by atoms with E-state index in [9.17, 15) is 9.90 Å². The first-order valence-corrected chi connectivity index (χ1v) is 7.64. The Morgan fingerprint density at radius 3 is 2.87 bits per heavy atom. The lowest BCUT2D eigenvalue weighted by atomic mass is 10.0. The van der Waals surface area contributed by atoms with Crippen molar-refractivity contribution in [2.24, 2.45) is 0 Å². The average molecular weight is 308 g/mol. The van der Waals surface area contributed by atoms with Crippen LogP contribution in [0.1, 0.15) is 23.3 Å². The summed E-state index contributed by atoms with van der Waals surface area (Å²) in [7, 11) is 0. The van der Waals surface area contributed by atoms with Gasteiger partial charge in [0.05, 0.1) is 17.8 Å². The number of nitrogens with one attached hydrogen (secondary N) is 1. The van der Waals surface area contributed by atoms with Crippen molar-refractivity contribution in [3.8, 4) is 0 Å². The van der Waals surface area contributed by atoms with Gasteiger partial charge in [0.25, 0.3) is 0 Å². The molecule has 2 atom stereocenters. The quantitative estimate of drug-likeness (QED) is 0.564. The Morgan fingerprint density at radius 1 is 1.17 bits per heavy atom. The monoisotopic (exact) mass is 308 g/mol. The number of H-pyrrole nitrogens is 1. The van der Waals surface area contributed by atoms with E-state index in [0.29, 0.717) is 18.5 Å². The van der Waals surface area contributed by atoms with Gasteiger partial charge in [-0.3, -0.25) is 0 Å². The molecular formula is C18H16N2O3. The average Bonchev–Trinajstić information content (AvgIpc) is 2.94. The lowest BCUT2D eigenvalue weighted by Crippen LogP contribution is -2.22. The number of fused-ring (bicyclic) bond motifs is 3. The van der Waals surface area contributed by atoms with Gasteiger partial charge < -0.3 is 14.8 Å². The molecule has 1 aliphatic carbocycles. The van der Waals surface area contributed by atoms with Crippen LogP contribution in [0.3, 0.4) is 0 Å². The van der Waals surface area contributed by atoms with Crippen molar-refractivity contribution in [1.82, 2.24) is 9.97 Å². The first-order chi connectivity index (χ1) is 11.2. The van der Waals surface area contributed by atoms with Crippen LogP contribution in [0.25, 0.3) is 21.8 Å². The molecule has 1 aliphatic rings. The second kappa shape index (κ2) is 5.52. The van der Waals surface area contributed by atoms with E-state index in [1.165, 1.54) is 0 Å². The van der Waals surface area contributed by atoms with Crippen LogP contribution in [-0.2, 0) is 4.74 Å². The van der Waals surface area contributed by atoms with E-state index in [2.05, 4.69) is 9.97 Å². The lowest BCUT2D eigenvalue weighted by molar-refractivity contribution is 0.0328. The van der Waals surface area contributed by atoms with Crippen molar-refractivity contribution in [3.63, 3.8) is 0 Å². The molecule has 0 unspecified atom stereocenters. The third-order valence-corrected chi connectivity index (χ3v) is 4.15. The first kappa shape index (κ1) is 14.0. The van der Waals surface area contributed by atoms with Crippen molar-refractivity contribution < 1.29 is 14.6 Å². The van der Waals surface area contributed by atoms with E-state index in [0.717, 1.165) is 21.8 Å². The minimum absolute atomic E-state index is 0.293. The lowest BCUT2D eigenvalue weighted by Gasteiger charge is -2.19. The predicted molar refractivity (Wildman–Crippen MR) is 87.2 cm³/mol. The van der Waals surface area contributed by atoms with E-state index in [-0.39, 0.29) is 6.10 Å². The van der Waals surface area contributed by atoms with Crippen LogP contribution >= 0.6 is 0 Å². The highest BCUT2D eigenvalue weighted by molar-refractivity contribution is 6.08. The van der Waals surface area contributed by atoms with Crippen molar-refractivity contribution in [2.45, 2.75) is 25.0 Å². The number of pyridine rings is 1. The number of nitrogens with zero attached hydrogens (tertiary/aromatic N) is 1. The standard InChI is InChI=1S/C18H16N2O3/c21-11-5-7-12(8-6-11)23-18(22)16-9-14-13-3-1-2-4-15(13)20-17(14)10-19-16/h1-5,7,9-12,20-21H,6,8H2/t11-,12-/m0/s1. The fraction of sp³-hybridized carbons (Fsp3) is 0.222. The number of aliphatic hydroxyl groups is 1. The molecule has 4 rings (SSSR count). The summed E-state index contributed by atoms with van der Waals surface area (Å²) in [6, 6.07) is 9.69. The van der Waals surface area contributed by atoms with Crippen LogP contribution in [0.5, 0.6) is 0 Å². The molecule has 0 saturated carbocycles. The maximum atomic E-state index is 12.3. The van der Waals surface area contributed by atoms with Gasteiger partial charge in [0.1, 0.15) is 11.8 Å². The molecule has 0 saturated heterocycles. The number of ether oxygens (including phenoxy) is 1. The molecule has 0 bridgehead atoms. The van der Waals surface area contributed by atoms with Gasteiger partial charge >= 0.3 is 5.97 Å². The van der Waals surface area contributed by atoms with Gasteiger partial charge in [-0.2, -0.15) is 0 Å². The maximum Gasteiger partial charge on any atom is 0.357 e. The summed E-state index contributed by atoms with van der Waals surface area (Å²) in [4.78, 5) is 19.8. The Balaban J connectivity index is 1.64.